The summed E-state index contributed by atoms with van der Waals surface area (Å²) >= 11 is 0. The van der Waals surface area contributed by atoms with Gasteiger partial charge in [-0.15, -0.1) is 0 Å². The summed E-state index contributed by atoms with van der Waals surface area (Å²) in [4.78, 5) is 13.8. The van der Waals surface area contributed by atoms with Gasteiger partial charge in [0.15, 0.2) is 0 Å². The summed E-state index contributed by atoms with van der Waals surface area (Å²) in [5.41, 5.74) is 2.96. The molecule has 1 heterocycles. The molecule has 2 aromatic carbocycles. The third-order valence-corrected chi connectivity index (χ3v) is 5.81. The predicted molar refractivity (Wildman–Crippen MR) is 103 cm³/mol. The third kappa shape index (κ3) is 3.91. The zero-order chi connectivity index (χ0) is 19.6. The molecule has 0 aromatic heterocycles. The molecule has 0 saturated heterocycles. The lowest BCUT2D eigenvalue weighted by atomic mass is 10.1. The molecule has 0 aliphatic carbocycles. The number of carbonyl (C=O) groups excluding carboxylic acids is 1. The van der Waals surface area contributed by atoms with E-state index in [1.165, 1.54) is 14.2 Å². The van der Waals surface area contributed by atoms with E-state index in [1.807, 2.05) is 6.92 Å². The van der Waals surface area contributed by atoms with Crippen LogP contribution in [-0.4, -0.2) is 41.7 Å². The lowest BCUT2D eigenvalue weighted by Crippen LogP contribution is -2.31. The molecule has 0 radical (unpaired) electrons. The molecule has 7 nitrogen and oxygen atoms in total. The highest BCUT2D eigenvalue weighted by atomic mass is 32.2. The Labute approximate surface area is 158 Å². The first kappa shape index (κ1) is 19.2. The number of nitrogens with zero attached hydrogens (tertiary/aromatic N) is 1. The van der Waals surface area contributed by atoms with E-state index in [0.29, 0.717) is 18.7 Å². The Morgan fingerprint density at radius 2 is 1.96 bits per heavy atom. The van der Waals surface area contributed by atoms with Gasteiger partial charge in [0.05, 0.1) is 7.11 Å². The minimum Gasteiger partial charge on any atom is -0.495 e. The number of hydrogen-bond donors (Lipinski definition) is 1. The molecule has 1 aliphatic heterocycles. The second-order valence-corrected chi connectivity index (χ2v) is 7.98. The van der Waals surface area contributed by atoms with Crippen molar-refractivity contribution >= 4 is 27.3 Å². The van der Waals surface area contributed by atoms with Crippen LogP contribution in [0.3, 0.4) is 0 Å². The maximum Gasteiger partial charge on any atom is 0.265 e. The van der Waals surface area contributed by atoms with Crippen LogP contribution in [0.2, 0.25) is 0 Å². The van der Waals surface area contributed by atoms with Crippen molar-refractivity contribution in [1.82, 2.24) is 0 Å². The quantitative estimate of drug-likeness (QED) is 0.818. The van der Waals surface area contributed by atoms with Crippen LogP contribution in [0.1, 0.15) is 11.1 Å². The van der Waals surface area contributed by atoms with Gasteiger partial charge < -0.3 is 14.4 Å². The van der Waals surface area contributed by atoms with Gasteiger partial charge in [0.25, 0.3) is 15.9 Å². The Kier molecular flexibility index (Phi) is 5.38. The van der Waals surface area contributed by atoms with E-state index in [0.717, 1.165) is 16.8 Å². The third-order valence-electron chi connectivity index (χ3n) is 4.40. The maximum atomic E-state index is 12.8. The van der Waals surface area contributed by atoms with Crippen molar-refractivity contribution in [2.75, 3.05) is 37.0 Å². The maximum absolute atomic E-state index is 12.8. The highest BCUT2D eigenvalue weighted by Crippen LogP contribution is 2.32. The average molecular weight is 390 g/mol. The van der Waals surface area contributed by atoms with Crippen molar-refractivity contribution in [3.63, 3.8) is 0 Å². The number of aryl methyl sites for hydroxylation is 1. The Bertz CT molecular complexity index is 972. The van der Waals surface area contributed by atoms with Gasteiger partial charge in [-0.05, 0) is 54.8 Å². The van der Waals surface area contributed by atoms with Crippen molar-refractivity contribution in [2.24, 2.45) is 0 Å². The van der Waals surface area contributed by atoms with Crippen LogP contribution in [0.5, 0.6) is 5.75 Å². The molecule has 27 heavy (non-hydrogen) atoms. The fourth-order valence-electron chi connectivity index (χ4n) is 3.13. The number of fused-ring (bicyclic) bond motifs is 1. The topological polar surface area (TPSA) is 84.9 Å². The van der Waals surface area contributed by atoms with Gasteiger partial charge in [-0.3, -0.25) is 9.52 Å². The number of carbonyl (C=O) groups is 1. The number of ether oxygens (including phenoxy) is 2. The van der Waals surface area contributed by atoms with E-state index in [1.54, 1.807) is 41.3 Å². The second-order valence-electron chi connectivity index (χ2n) is 6.33. The molecule has 2 aromatic rings. The van der Waals surface area contributed by atoms with E-state index in [9.17, 15) is 13.2 Å². The molecule has 0 unspecified atom stereocenters. The first-order valence-electron chi connectivity index (χ1n) is 8.45. The molecular formula is C19H22N2O5S. The molecule has 0 atom stereocenters. The van der Waals surface area contributed by atoms with Crippen molar-refractivity contribution in [2.45, 2.75) is 18.2 Å². The standard InChI is InChI=1S/C19H22N2O5S/c1-13-4-7-17(26-3)18(10-13)27(23,24)20-15-5-6-16-14(11-15)8-9-21(16)19(22)12-25-2/h4-7,10-11,20H,8-9,12H2,1-3H3. The number of benzene rings is 2. The Balaban J connectivity index is 1.87. The van der Waals surface area contributed by atoms with Gasteiger partial charge in [-0.1, -0.05) is 6.07 Å². The molecule has 0 saturated carbocycles. The fraction of sp³-hybridized carbons (Fsp3) is 0.316. The summed E-state index contributed by atoms with van der Waals surface area (Å²) in [6.45, 7) is 2.39. The molecule has 0 fully saturated rings. The largest absolute Gasteiger partial charge is 0.495 e. The number of rotatable bonds is 6. The van der Waals surface area contributed by atoms with Crippen LogP contribution in [0, 0.1) is 6.92 Å². The minimum absolute atomic E-state index is 0.0149. The van der Waals surface area contributed by atoms with Crippen LogP contribution in [-0.2, 0) is 26.0 Å². The number of nitrogens with one attached hydrogen (secondary N) is 1. The van der Waals surface area contributed by atoms with Gasteiger partial charge in [-0.2, -0.15) is 0 Å². The summed E-state index contributed by atoms with van der Waals surface area (Å²) in [7, 11) is -0.896. The Morgan fingerprint density at radius 1 is 1.19 bits per heavy atom. The lowest BCUT2D eigenvalue weighted by molar-refractivity contribution is -0.122. The summed E-state index contributed by atoms with van der Waals surface area (Å²) in [5, 5.41) is 0. The van der Waals surface area contributed by atoms with Gasteiger partial charge in [-0.25, -0.2) is 8.42 Å². The summed E-state index contributed by atoms with van der Waals surface area (Å²) in [6.07, 6.45) is 0.661. The van der Waals surface area contributed by atoms with Crippen LogP contribution < -0.4 is 14.4 Å². The molecule has 1 N–H and O–H groups in total. The summed E-state index contributed by atoms with van der Waals surface area (Å²) in [5.74, 6) is 0.166. The Hall–Kier alpha value is -2.58. The van der Waals surface area contributed by atoms with Crippen molar-refractivity contribution in [3.05, 3.63) is 47.5 Å². The van der Waals surface area contributed by atoms with E-state index in [2.05, 4.69) is 4.72 Å². The first-order valence-corrected chi connectivity index (χ1v) is 9.93. The molecule has 8 heteroatoms. The van der Waals surface area contributed by atoms with E-state index < -0.39 is 10.0 Å². The molecule has 144 valence electrons. The van der Waals surface area contributed by atoms with Crippen molar-refractivity contribution in [3.8, 4) is 5.75 Å². The van der Waals surface area contributed by atoms with E-state index in [4.69, 9.17) is 9.47 Å². The van der Waals surface area contributed by atoms with Crippen LogP contribution >= 0.6 is 0 Å². The number of anilines is 2. The molecule has 3 rings (SSSR count). The second kappa shape index (κ2) is 7.58. The first-order chi connectivity index (χ1) is 12.9. The molecule has 1 aliphatic rings. The predicted octanol–water partition coefficient (Wildman–Crippen LogP) is 2.34. The highest BCUT2D eigenvalue weighted by molar-refractivity contribution is 7.92. The number of methoxy groups -OCH3 is 2. The zero-order valence-corrected chi connectivity index (χ0v) is 16.3. The molecule has 0 bridgehead atoms. The van der Waals surface area contributed by atoms with Gasteiger partial charge in [0, 0.05) is 25.0 Å². The number of hydrogen-bond acceptors (Lipinski definition) is 5. The molecular weight excluding hydrogens is 368 g/mol. The van der Waals surface area contributed by atoms with Gasteiger partial charge in [0.2, 0.25) is 0 Å². The number of amides is 1. The minimum atomic E-state index is -3.81. The summed E-state index contributed by atoms with van der Waals surface area (Å²) < 4.78 is 38.3. The van der Waals surface area contributed by atoms with Crippen LogP contribution in [0.4, 0.5) is 11.4 Å². The fourth-order valence-corrected chi connectivity index (χ4v) is 4.43. The molecule has 1 amide bonds. The van der Waals surface area contributed by atoms with Crippen molar-refractivity contribution < 1.29 is 22.7 Å². The smallest absolute Gasteiger partial charge is 0.265 e. The monoisotopic (exact) mass is 390 g/mol. The molecule has 0 spiro atoms. The normalized spacial score (nSPS) is 13.4. The Morgan fingerprint density at radius 3 is 2.67 bits per heavy atom. The average Bonchev–Trinajstić information content (AvgIpc) is 3.05. The van der Waals surface area contributed by atoms with Gasteiger partial charge >= 0.3 is 0 Å². The lowest BCUT2D eigenvalue weighted by Gasteiger charge is -2.17. The van der Waals surface area contributed by atoms with Crippen molar-refractivity contribution in [1.29, 1.82) is 0 Å². The van der Waals surface area contributed by atoms with Gasteiger partial charge in [0.1, 0.15) is 17.3 Å². The zero-order valence-electron chi connectivity index (χ0n) is 15.5. The summed E-state index contributed by atoms with van der Waals surface area (Å²) in [6, 6.07) is 10.2. The van der Waals surface area contributed by atoms with Crippen LogP contribution in [0.15, 0.2) is 41.3 Å². The van der Waals surface area contributed by atoms with E-state index in [-0.39, 0.29) is 23.2 Å². The van der Waals surface area contributed by atoms with E-state index >= 15 is 0 Å². The van der Waals surface area contributed by atoms with Crippen LogP contribution in [0.25, 0.3) is 0 Å². The highest BCUT2D eigenvalue weighted by Gasteiger charge is 2.26. The SMILES string of the molecule is COCC(=O)N1CCc2cc(NS(=O)(=O)c3cc(C)ccc3OC)ccc21. The number of sulfonamides is 1.